The average Bonchev–Trinajstić information content (AvgIpc) is 3.13. The zero-order valence-corrected chi connectivity index (χ0v) is 17.1. The van der Waals surface area contributed by atoms with Gasteiger partial charge in [-0.1, -0.05) is 55.8 Å². The summed E-state index contributed by atoms with van der Waals surface area (Å²) in [5.41, 5.74) is 0.620. The van der Waals surface area contributed by atoms with Crippen molar-refractivity contribution in [2.24, 2.45) is 5.92 Å². The lowest BCUT2D eigenvalue weighted by atomic mass is 9.97. The predicted octanol–water partition coefficient (Wildman–Crippen LogP) is 4.61. The Hall–Kier alpha value is -1.95. The molecule has 1 heterocycles. The van der Waals surface area contributed by atoms with Crippen LogP contribution in [0.15, 0.2) is 24.3 Å². The third-order valence-electron chi connectivity index (χ3n) is 5.68. The monoisotopic (exact) mass is 406 g/mol. The van der Waals surface area contributed by atoms with Gasteiger partial charge in [-0.3, -0.25) is 0 Å². The van der Waals surface area contributed by atoms with E-state index >= 15 is 0 Å². The summed E-state index contributed by atoms with van der Waals surface area (Å²) in [6.07, 6.45) is 9.30. The highest BCUT2D eigenvalue weighted by atomic mass is 35.5. The summed E-state index contributed by atoms with van der Waals surface area (Å²) in [6.45, 7) is 1.92. The quantitative estimate of drug-likeness (QED) is 0.683. The number of benzene rings is 1. The van der Waals surface area contributed by atoms with Crippen LogP contribution in [0.5, 0.6) is 0 Å². The first kappa shape index (κ1) is 20.8. The van der Waals surface area contributed by atoms with Crippen LogP contribution < -0.4 is 16.0 Å². The van der Waals surface area contributed by atoms with E-state index in [2.05, 4.69) is 16.0 Å². The first-order valence-corrected chi connectivity index (χ1v) is 10.8. The van der Waals surface area contributed by atoms with Crippen molar-refractivity contribution in [3.8, 4) is 0 Å². The molecule has 154 valence electrons. The van der Waals surface area contributed by atoms with E-state index in [1.807, 2.05) is 12.1 Å². The number of hydrogen-bond donors (Lipinski definition) is 3. The maximum atomic E-state index is 12.4. The van der Waals surface area contributed by atoms with E-state index < -0.39 is 0 Å². The fourth-order valence-corrected chi connectivity index (χ4v) is 4.20. The molecule has 1 aliphatic carbocycles. The van der Waals surface area contributed by atoms with Crippen molar-refractivity contribution in [1.82, 2.24) is 15.5 Å². The Morgan fingerprint density at radius 3 is 2.50 bits per heavy atom. The number of likely N-dealkylation sites (tertiary alicyclic amines) is 1. The van der Waals surface area contributed by atoms with Gasteiger partial charge in [0.1, 0.15) is 0 Å². The zero-order valence-electron chi connectivity index (χ0n) is 16.4. The molecule has 2 aliphatic rings. The van der Waals surface area contributed by atoms with E-state index in [4.69, 9.17) is 11.6 Å². The van der Waals surface area contributed by atoms with E-state index in [1.165, 1.54) is 32.1 Å². The molecule has 7 heteroatoms. The van der Waals surface area contributed by atoms with Crippen molar-refractivity contribution in [1.29, 1.82) is 0 Å². The van der Waals surface area contributed by atoms with Gasteiger partial charge in [-0.15, -0.1) is 0 Å². The minimum Gasteiger partial charge on any atom is -0.338 e. The van der Waals surface area contributed by atoms with Gasteiger partial charge in [0.25, 0.3) is 0 Å². The molecule has 0 radical (unpaired) electrons. The Morgan fingerprint density at radius 1 is 1.04 bits per heavy atom. The number of halogens is 1. The largest absolute Gasteiger partial charge is 0.338 e. The number of urea groups is 2. The minimum absolute atomic E-state index is 0.0791. The number of carbonyl (C=O) groups excluding carboxylic acids is 2. The zero-order chi connectivity index (χ0) is 19.8. The second kappa shape index (κ2) is 10.6. The Balaban J connectivity index is 1.37. The second-order valence-corrected chi connectivity index (χ2v) is 8.31. The van der Waals surface area contributed by atoms with Gasteiger partial charge in [0.05, 0.1) is 10.7 Å². The van der Waals surface area contributed by atoms with Gasteiger partial charge < -0.3 is 20.9 Å². The molecule has 3 N–H and O–H groups in total. The van der Waals surface area contributed by atoms with E-state index in [1.54, 1.807) is 17.0 Å². The van der Waals surface area contributed by atoms with Gasteiger partial charge in [-0.2, -0.15) is 0 Å². The third kappa shape index (κ3) is 6.30. The molecule has 1 saturated carbocycles. The Bertz CT molecular complexity index is 662. The molecule has 1 aromatic rings. The van der Waals surface area contributed by atoms with Crippen LogP contribution in [0.25, 0.3) is 0 Å². The van der Waals surface area contributed by atoms with Gasteiger partial charge in [-0.05, 0) is 37.3 Å². The number of nitrogens with one attached hydrogen (secondary N) is 3. The predicted molar refractivity (Wildman–Crippen MR) is 113 cm³/mol. The first-order chi connectivity index (χ1) is 13.6. The summed E-state index contributed by atoms with van der Waals surface area (Å²) in [5.74, 6) is 0.278. The molecular weight excluding hydrogens is 376 g/mol. The molecule has 3 rings (SSSR count). The van der Waals surface area contributed by atoms with Crippen molar-refractivity contribution in [3.05, 3.63) is 29.3 Å². The topological polar surface area (TPSA) is 73.5 Å². The van der Waals surface area contributed by atoms with Gasteiger partial charge in [0, 0.05) is 25.7 Å². The van der Waals surface area contributed by atoms with Gasteiger partial charge in [0.2, 0.25) is 0 Å². The Kier molecular flexibility index (Phi) is 7.83. The van der Waals surface area contributed by atoms with E-state index in [0.29, 0.717) is 36.4 Å². The fourth-order valence-electron chi connectivity index (χ4n) is 4.01. The van der Waals surface area contributed by atoms with Crippen molar-refractivity contribution < 1.29 is 9.59 Å². The van der Waals surface area contributed by atoms with Gasteiger partial charge in [-0.25, -0.2) is 9.59 Å². The summed E-state index contributed by atoms with van der Waals surface area (Å²) < 4.78 is 0. The lowest BCUT2D eigenvalue weighted by Crippen LogP contribution is -2.44. The third-order valence-corrected chi connectivity index (χ3v) is 6.01. The molecule has 1 saturated heterocycles. The molecule has 4 amide bonds. The van der Waals surface area contributed by atoms with Crippen molar-refractivity contribution >= 4 is 29.4 Å². The van der Waals surface area contributed by atoms with E-state index in [-0.39, 0.29) is 18.0 Å². The van der Waals surface area contributed by atoms with Crippen molar-refractivity contribution in [2.45, 2.75) is 57.4 Å². The number of anilines is 1. The standard InChI is InChI=1S/C21H31ClN4O2/c22-18-10-6-7-11-19(18)25-21(28)26-13-12-16(15-26)14-23-20(27)24-17-8-4-2-1-3-5-9-17/h6-7,10-11,16-17H,1-5,8-9,12-15H2,(H,25,28)(H2,23,24,27). The van der Waals surface area contributed by atoms with Gasteiger partial charge in [0.15, 0.2) is 0 Å². The molecule has 1 aromatic carbocycles. The molecule has 0 spiro atoms. The van der Waals surface area contributed by atoms with Crippen LogP contribution >= 0.6 is 11.6 Å². The van der Waals surface area contributed by atoms with Crippen LogP contribution in [-0.4, -0.2) is 42.6 Å². The fraction of sp³-hybridized carbons (Fsp3) is 0.619. The van der Waals surface area contributed by atoms with Crippen molar-refractivity contribution in [3.63, 3.8) is 0 Å². The smallest absolute Gasteiger partial charge is 0.321 e. The first-order valence-electron chi connectivity index (χ1n) is 10.5. The summed E-state index contributed by atoms with van der Waals surface area (Å²) >= 11 is 6.10. The lowest BCUT2D eigenvalue weighted by Gasteiger charge is -2.22. The van der Waals surface area contributed by atoms with Crippen LogP contribution in [-0.2, 0) is 0 Å². The van der Waals surface area contributed by atoms with E-state index in [0.717, 1.165) is 19.3 Å². The minimum atomic E-state index is -0.144. The number of rotatable bonds is 4. The lowest BCUT2D eigenvalue weighted by molar-refractivity contribution is 0.220. The highest BCUT2D eigenvalue weighted by molar-refractivity contribution is 6.33. The second-order valence-electron chi connectivity index (χ2n) is 7.91. The van der Waals surface area contributed by atoms with Crippen LogP contribution in [0, 0.1) is 5.92 Å². The molecule has 0 bridgehead atoms. The summed E-state index contributed by atoms with van der Waals surface area (Å²) in [5, 5.41) is 9.51. The average molecular weight is 407 g/mol. The number of nitrogens with zero attached hydrogens (tertiary/aromatic N) is 1. The number of hydrogen-bond acceptors (Lipinski definition) is 2. The SMILES string of the molecule is O=C(NCC1CCN(C(=O)Nc2ccccc2Cl)C1)NC1CCCCCCC1. The maximum Gasteiger partial charge on any atom is 0.321 e. The maximum absolute atomic E-state index is 12.4. The highest BCUT2D eigenvalue weighted by Gasteiger charge is 2.27. The van der Waals surface area contributed by atoms with Gasteiger partial charge >= 0.3 is 12.1 Å². The number of carbonyl (C=O) groups is 2. The molecule has 1 atom stereocenters. The highest BCUT2D eigenvalue weighted by Crippen LogP contribution is 2.22. The summed E-state index contributed by atoms with van der Waals surface area (Å²) in [4.78, 5) is 26.4. The van der Waals surface area contributed by atoms with Crippen molar-refractivity contribution in [2.75, 3.05) is 25.0 Å². The Labute approximate surface area is 172 Å². The molecular formula is C21H31ClN4O2. The Morgan fingerprint density at radius 2 is 1.75 bits per heavy atom. The van der Waals surface area contributed by atoms with E-state index in [9.17, 15) is 9.59 Å². The van der Waals surface area contributed by atoms with Crippen LogP contribution in [0.2, 0.25) is 5.02 Å². The number of para-hydroxylation sites is 1. The van der Waals surface area contributed by atoms with Crippen LogP contribution in [0.1, 0.15) is 51.4 Å². The summed E-state index contributed by atoms with van der Waals surface area (Å²) in [6, 6.07) is 7.28. The van der Waals surface area contributed by atoms with Crippen LogP contribution in [0.3, 0.4) is 0 Å². The normalized spacial score (nSPS) is 20.9. The molecule has 1 unspecified atom stereocenters. The molecule has 2 fully saturated rings. The molecule has 6 nitrogen and oxygen atoms in total. The number of amides is 4. The van der Waals surface area contributed by atoms with Crippen LogP contribution in [0.4, 0.5) is 15.3 Å². The molecule has 1 aliphatic heterocycles. The molecule has 28 heavy (non-hydrogen) atoms. The summed E-state index contributed by atoms with van der Waals surface area (Å²) in [7, 11) is 0. The molecule has 0 aromatic heterocycles.